The number of nitro groups is 2. The predicted molar refractivity (Wildman–Crippen MR) is 380 cm³/mol. The molecule has 0 saturated carbocycles. The average molecular weight is 1350 g/mol. The number of ether oxygens (including phenoxy) is 3. The molecule has 3 fully saturated rings. The van der Waals surface area contributed by atoms with E-state index in [0.29, 0.717) is 90.2 Å². The number of nitro benzene ring substituents is 2. The van der Waals surface area contributed by atoms with Gasteiger partial charge in [0.2, 0.25) is 0 Å². The first-order valence-electron chi connectivity index (χ1n) is 31.7. The largest absolute Gasteiger partial charge is 0.508 e. The Labute approximate surface area is 571 Å². The van der Waals surface area contributed by atoms with Crippen LogP contribution in [0.4, 0.5) is 59.9 Å². The molecule has 22 nitrogen and oxygen atoms in total. The van der Waals surface area contributed by atoms with Gasteiger partial charge in [-0.25, -0.2) is 22.8 Å². The van der Waals surface area contributed by atoms with Crippen LogP contribution < -0.4 is 43.6 Å². The molecule has 502 valence electrons. The summed E-state index contributed by atoms with van der Waals surface area (Å²) in [7, 11) is -2.44. The maximum Gasteiger partial charge on any atom is 0.328 e. The zero-order valence-corrected chi connectivity index (χ0v) is 54.8. The first-order valence-corrected chi connectivity index (χ1v) is 33.4. The lowest BCUT2D eigenvalue weighted by Gasteiger charge is -2.35. The van der Waals surface area contributed by atoms with Crippen LogP contribution in [0.15, 0.2) is 254 Å². The van der Waals surface area contributed by atoms with Crippen molar-refractivity contribution in [2.75, 3.05) is 75.8 Å². The highest BCUT2D eigenvalue weighted by Gasteiger charge is 2.32. The number of hydrogen-bond donors (Lipinski definition) is 1. The molecule has 3 saturated heterocycles. The average Bonchev–Trinajstić information content (AvgIpc) is 0.803. The Kier molecular flexibility index (Phi) is 21.3. The summed E-state index contributed by atoms with van der Waals surface area (Å²) in [5.74, 6) is 2.82. The first-order chi connectivity index (χ1) is 47.9. The van der Waals surface area contributed by atoms with Crippen LogP contribution in [0, 0.1) is 20.2 Å². The Morgan fingerprint density at radius 1 is 0.434 bits per heavy atom. The second-order valence-electron chi connectivity index (χ2n) is 23.1. The summed E-state index contributed by atoms with van der Waals surface area (Å²) in [6, 6.07) is 70.8. The van der Waals surface area contributed by atoms with Crippen LogP contribution in [-0.2, 0) is 15.6 Å². The number of nitrogens with zero attached hydrogens (tertiary/aromatic N) is 8. The number of anilines is 6. The Morgan fingerprint density at radius 3 is 1.24 bits per heavy atom. The Hall–Kier alpha value is -12.4. The molecule has 99 heavy (non-hydrogen) atoms. The standard InChI is InChI=1S/C38H34N2O6S.C22H19N3O4.C16H15N3O4/c1-27(41)29-10-7-11-30(24-29)31-15-20-36(45-2)37(25-31)47(43,44)26-28-9-6-12-33(23-28)40-22-8-21-39(38(40)42)32-16-18-35(19-17-32)46-34-13-4-3-5-14-34;26-22-23(14-5-15-24(22)18-6-4-7-19(16-18)25(27)28)17-10-12-21(13-11-17)29-20-8-2-1-3-9-20;20-15-7-5-12(6-8-15)17-9-2-10-18(16(17)21)13-3-1-4-14(11-13)19(22)23/h3-7,9-20,23-25H,8,21-22,26H2,1-2H3;1-4,6-13,16H,5,14-15H2;1,3-8,11,20H,2,9-10H2. The van der Waals surface area contributed by atoms with Crippen molar-refractivity contribution in [1.29, 1.82) is 0 Å². The van der Waals surface area contributed by atoms with Gasteiger partial charge in [0, 0.05) is 91.8 Å². The summed E-state index contributed by atoms with van der Waals surface area (Å²) >= 11 is 0. The second kappa shape index (κ2) is 31.0. The third-order valence-electron chi connectivity index (χ3n) is 16.5. The number of sulfone groups is 1. The van der Waals surface area contributed by atoms with Gasteiger partial charge in [-0.15, -0.1) is 0 Å². The minimum absolute atomic E-state index is 0.0326. The lowest BCUT2D eigenvalue weighted by molar-refractivity contribution is -0.385. The molecule has 10 aromatic rings. The molecule has 3 heterocycles. The minimum atomic E-state index is -3.87. The van der Waals surface area contributed by atoms with Gasteiger partial charge < -0.3 is 19.3 Å². The number of benzene rings is 10. The van der Waals surface area contributed by atoms with E-state index in [4.69, 9.17) is 14.2 Å². The van der Waals surface area contributed by atoms with E-state index in [1.54, 1.807) is 115 Å². The molecule has 3 aliphatic rings. The van der Waals surface area contributed by atoms with Gasteiger partial charge in [0.05, 0.1) is 34.1 Å². The number of phenolic OH excluding ortho intramolecular Hbond substituents is 1. The van der Waals surface area contributed by atoms with Crippen molar-refractivity contribution in [3.05, 3.63) is 280 Å². The molecule has 0 spiro atoms. The summed E-state index contributed by atoms with van der Waals surface area (Å²) < 4.78 is 44.8. The summed E-state index contributed by atoms with van der Waals surface area (Å²) in [6.07, 6.45) is 2.25. The molecule has 0 atom stereocenters. The zero-order chi connectivity index (χ0) is 69.6. The normalized spacial score (nSPS) is 13.9. The molecule has 10 aromatic carbocycles. The predicted octanol–water partition coefficient (Wildman–Crippen LogP) is 16.5. The number of aromatic hydroxyl groups is 1. The summed E-state index contributed by atoms with van der Waals surface area (Å²) in [6.45, 7) is 4.74. The molecule has 23 heteroatoms. The van der Waals surface area contributed by atoms with E-state index in [9.17, 15) is 52.9 Å². The Balaban J connectivity index is 0.000000162. The van der Waals surface area contributed by atoms with Crippen molar-refractivity contribution in [2.24, 2.45) is 0 Å². The smallest absolute Gasteiger partial charge is 0.328 e. The lowest BCUT2D eigenvalue weighted by atomic mass is 10.0. The molecule has 6 amide bonds. The number of amides is 6. The van der Waals surface area contributed by atoms with Crippen molar-refractivity contribution in [3.63, 3.8) is 0 Å². The lowest BCUT2D eigenvalue weighted by Crippen LogP contribution is -2.49. The number of urea groups is 3. The first kappa shape index (κ1) is 68.0. The molecule has 1 N–H and O–H groups in total. The number of hydrogen-bond acceptors (Lipinski definition) is 14. The summed E-state index contributed by atoms with van der Waals surface area (Å²) in [5, 5.41) is 31.3. The molecular weight excluding hydrogens is 1280 g/mol. The number of phenols is 1. The number of methoxy groups -OCH3 is 1. The van der Waals surface area contributed by atoms with Crippen LogP contribution in [0.25, 0.3) is 11.1 Å². The van der Waals surface area contributed by atoms with E-state index in [1.165, 1.54) is 55.3 Å². The van der Waals surface area contributed by atoms with Gasteiger partial charge >= 0.3 is 18.1 Å². The molecule has 0 aliphatic carbocycles. The third kappa shape index (κ3) is 16.7. The van der Waals surface area contributed by atoms with E-state index in [1.807, 2.05) is 121 Å². The highest BCUT2D eigenvalue weighted by atomic mass is 32.2. The molecule has 13 rings (SSSR count). The highest BCUT2D eigenvalue weighted by molar-refractivity contribution is 7.90. The third-order valence-corrected chi connectivity index (χ3v) is 18.2. The van der Waals surface area contributed by atoms with E-state index in [2.05, 4.69) is 0 Å². The van der Waals surface area contributed by atoms with Crippen LogP contribution >= 0.6 is 0 Å². The molecule has 0 aromatic heterocycles. The van der Waals surface area contributed by atoms with Crippen LogP contribution in [0.1, 0.15) is 42.1 Å². The fourth-order valence-electron chi connectivity index (χ4n) is 11.6. The SMILES string of the molecule is COc1ccc(-c2cccc(C(C)=O)c2)cc1S(=O)(=O)Cc1cccc(N2CCCN(c3ccc(Oc4ccccc4)cc3)C2=O)c1.O=C1N(c2ccc(O)cc2)CCCN1c1cccc([N+](=O)[O-])c1.O=C1N(c2ccc(Oc3ccccc3)cc2)CCCN1c1cccc([N+](=O)[O-])c1. The van der Waals surface area contributed by atoms with Gasteiger partial charge in [0.15, 0.2) is 15.6 Å². The van der Waals surface area contributed by atoms with E-state index < -0.39 is 19.7 Å². The maximum atomic E-state index is 13.8. The summed E-state index contributed by atoms with van der Waals surface area (Å²) in [4.78, 5) is 82.2. The number of rotatable bonds is 18. The van der Waals surface area contributed by atoms with E-state index in [-0.39, 0.29) is 57.4 Å². The molecule has 3 aliphatic heterocycles. The van der Waals surface area contributed by atoms with Crippen LogP contribution in [-0.4, -0.2) is 93.6 Å². The van der Waals surface area contributed by atoms with Gasteiger partial charge in [-0.1, -0.05) is 84.9 Å². The van der Waals surface area contributed by atoms with Crippen molar-refractivity contribution in [3.8, 4) is 45.6 Å². The van der Waals surface area contributed by atoms with Crippen LogP contribution in [0.2, 0.25) is 0 Å². The second-order valence-corrected chi connectivity index (χ2v) is 25.1. The molecule has 0 radical (unpaired) electrons. The molecule has 0 unspecified atom stereocenters. The van der Waals surface area contributed by atoms with Gasteiger partial charge in [-0.3, -0.25) is 54.4 Å². The van der Waals surface area contributed by atoms with Gasteiger partial charge in [0.1, 0.15) is 39.4 Å². The molecule has 0 bridgehead atoms. The van der Waals surface area contributed by atoms with Crippen molar-refractivity contribution in [1.82, 2.24) is 0 Å². The highest BCUT2D eigenvalue weighted by Crippen LogP contribution is 2.36. The fourth-order valence-corrected chi connectivity index (χ4v) is 13.1. The van der Waals surface area contributed by atoms with Crippen molar-refractivity contribution in [2.45, 2.75) is 36.8 Å². The van der Waals surface area contributed by atoms with Crippen LogP contribution in [0.3, 0.4) is 0 Å². The van der Waals surface area contributed by atoms with Crippen LogP contribution in [0.5, 0.6) is 34.5 Å². The quantitative estimate of drug-likeness (QED) is 0.0476. The molecular formula is C76H68N8O14S. The van der Waals surface area contributed by atoms with E-state index in [0.717, 1.165) is 47.7 Å². The Bertz CT molecular complexity index is 4680. The van der Waals surface area contributed by atoms with E-state index >= 15 is 0 Å². The number of ketones is 1. The maximum absolute atomic E-state index is 13.8. The minimum Gasteiger partial charge on any atom is -0.508 e. The fraction of sp³-hybridized carbons (Fsp3) is 0.158. The Morgan fingerprint density at radius 2 is 0.818 bits per heavy atom. The number of para-hydroxylation sites is 2. The topological polar surface area (TPSA) is 256 Å². The number of carbonyl (C=O) groups is 4. The van der Waals surface area contributed by atoms with Crippen molar-refractivity contribution < 1.29 is 56.8 Å². The van der Waals surface area contributed by atoms with Crippen molar-refractivity contribution >= 4 is 79.2 Å². The number of Topliss-reactive ketones (excluding diaryl/α,β-unsaturated/α-hetero) is 1. The van der Waals surface area contributed by atoms with Gasteiger partial charge in [-0.05, 0) is 182 Å². The number of carbonyl (C=O) groups excluding carboxylic acids is 4. The zero-order valence-electron chi connectivity index (χ0n) is 54.0. The number of non-ortho nitro benzene ring substituents is 2. The summed E-state index contributed by atoms with van der Waals surface area (Å²) in [5.41, 5.74) is 6.23. The monoisotopic (exact) mass is 1350 g/mol. The van der Waals surface area contributed by atoms with Gasteiger partial charge in [0.25, 0.3) is 11.4 Å². The van der Waals surface area contributed by atoms with Gasteiger partial charge in [-0.2, -0.15) is 0 Å².